The Morgan fingerprint density at radius 2 is 1.85 bits per heavy atom. The van der Waals surface area contributed by atoms with Crippen LogP contribution in [0.3, 0.4) is 0 Å². The second-order valence-electron chi connectivity index (χ2n) is 5.59. The van der Waals surface area contributed by atoms with Gasteiger partial charge in [0, 0.05) is 6.07 Å². The van der Waals surface area contributed by atoms with Crippen LogP contribution in [0.2, 0.25) is 5.02 Å². The minimum Gasteiger partial charge on any atom is -0.475 e. The maximum absolute atomic E-state index is 14.5. The summed E-state index contributed by atoms with van der Waals surface area (Å²) in [7, 11) is 0. The molecule has 2 aromatic carbocycles. The molecule has 1 atom stereocenters. The average Bonchev–Trinajstić information content (AvgIpc) is 2.52. The van der Waals surface area contributed by atoms with E-state index in [-0.39, 0.29) is 17.8 Å². The van der Waals surface area contributed by atoms with Gasteiger partial charge in [0.05, 0.1) is 17.2 Å². The monoisotopic (exact) mass is 386 g/mol. The van der Waals surface area contributed by atoms with E-state index in [1.54, 1.807) is 0 Å². The lowest BCUT2D eigenvalue weighted by atomic mass is 10.1. The number of nitro benzene ring substituents is 1. The van der Waals surface area contributed by atoms with Crippen LogP contribution in [0, 0.1) is 27.6 Å². The lowest BCUT2D eigenvalue weighted by molar-refractivity contribution is -0.387. The Morgan fingerprint density at radius 3 is 2.42 bits per heavy atom. The van der Waals surface area contributed by atoms with Crippen LogP contribution < -0.4 is 9.64 Å². The Kier molecular flexibility index (Phi) is 4.49. The molecule has 0 saturated heterocycles. The number of carbonyl (C=O) groups is 1. The summed E-state index contributed by atoms with van der Waals surface area (Å²) in [5, 5.41) is 10.4. The minimum absolute atomic E-state index is 0.103. The fourth-order valence-corrected chi connectivity index (χ4v) is 2.93. The molecule has 136 valence electrons. The van der Waals surface area contributed by atoms with Gasteiger partial charge in [-0.15, -0.1) is 0 Å². The molecule has 10 heteroatoms. The molecular weight excluding hydrogens is 377 g/mol. The van der Waals surface area contributed by atoms with Crippen molar-refractivity contribution in [3.05, 3.63) is 62.4 Å². The number of halogens is 4. The molecule has 0 spiro atoms. The highest BCUT2D eigenvalue weighted by molar-refractivity contribution is 6.33. The van der Waals surface area contributed by atoms with Gasteiger partial charge in [0.25, 0.3) is 5.91 Å². The fraction of sp³-hybridized carbons (Fsp3) is 0.188. The molecule has 0 saturated carbocycles. The van der Waals surface area contributed by atoms with Gasteiger partial charge in [-0.05, 0) is 30.7 Å². The molecule has 1 aliphatic heterocycles. The number of nitro groups is 1. The van der Waals surface area contributed by atoms with Gasteiger partial charge in [0.15, 0.2) is 11.9 Å². The van der Waals surface area contributed by atoms with E-state index < -0.39 is 50.8 Å². The zero-order valence-corrected chi connectivity index (χ0v) is 13.9. The molecule has 1 unspecified atom stereocenters. The van der Waals surface area contributed by atoms with Crippen molar-refractivity contribution in [1.82, 2.24) is 0 Å². The van der Waals surface area contributed by atoms with Gasteiger partial charge in [-0.2, -0.15) is 4.39 Å². The molecule has 2 aromatic rings. The molecule has 1 amide bonds. The molecule has 0 aliphatic carbocycles. The third kappa shape index (κ3) is 3.05. The van der Waals surface area contributed by atoms with Gasteiger partial charge in [0.2, 0.25) is 5.82 Å². The third-order valence-electron chi connectivity index (χ3n) is 3.77. The first-order chi connectivity index (χ1) is 12.2. The summed E-state index contributed by atoms with van der Waals surface area (Å²) in [4.78, 5) is 23.4. The summed E-state index contributed by atoms with van der Waals surface area (Å²) in [6, 6.07) is 3.71. The van der Waals surface area contributed by atoms with Gasteiger partial charge >= 0.3 is 5.69 Å². The predicted octanol–water partition coefficient (Wildman–Crippen LogP) is 3.98. The Bertz CT molecular complexity index is 918. The molecule has 3 rings (SSSR count). The number of hydrogen-bond donors (Lipinski definition) is 0. The summed E-state index contributed by atoms with van der Waals surface area (Å²) in [6.07, 6.45) is -1.16. The quantitative estimate of drug-likeness (QED) is 0.591. The molecule has 6 nitrogen and oxygen atoms in total. The number of benzene rings is 2. The largest absolute Gasteiger partial charge is 0.475 e. The Morgan fingerprint density at radius 1 is 1.23 bits per heavy atom. The summed E-state index contributed by atoms with van der Waals surface area (Å²) in [5.74, 6) is -4.16. The second kappa shape index (κ2) is 6.49. The fourth-order valence-electron chi connectivity index (χ4n) is 2.67. The van der Waals surface area contributed by atoms with Crippen molar-refractivity contribution in [2.24, 2.45) is 0 Å². The van der Waals surface area contributed by atoms with Crippen molar-refractivity contribution in [2.75, 3.05) is 4.90 Å². The van der Waals surface area contributed by atoms with Crippen LogP contribution in [0.25, 0.3) is 0 Å². The van der Waals surface area contributed by atoms with Crippen LogP contribution in [0.15, 0.2) is 24.3 Å². The van der Waals surface area contributed by atoms with Crippen LogP contribution in [-0.4, -0.2) is 16.9 Å². The highest BCUT2D eigenvalue weighted by Gasteiger charge is 2.38. The minimum atomic E-state index is -1.33. The van der Waals surface area contributed by atoms with Crippen LogP contribution in [-0.2, 0) is 11.3 Å². The number of ether oxygens (including phenoxy) is 1. The van der Waals surface area contributed by atoms with Crippen molar-refractivity contribution >= 4 is 28.9 Å². The Labute approximate surface area is 149 Å². The van der Waals surface area contributed by atoms with Gasteiger partial charge in [0.1, 0.15) is 16.7 Å². The molecule has 1 aliphatic rings. The van der Waals surface area contributed by atoms with E-state index in [1.807, 2.05) is 0 Å². The van der Waals surface area contributed by atoms with Gasteiger partial charge in [-0.3, -0.25) is 14.9 Å². The maximum Gasteiger partial charge on any atom is 0.327 e. The van der Waals surface area contributed by atoms with E-state index in [1.165, 1.54) is 6.92 Å². The molecule has 0 aromatic heterocycles. The van der Waals surface area contributed by atoms with E-state index in [9.17, 15) is 28.1 Å². The summed E-state index contributed by atoms with van der Waals surface area (Å²) < 4.78 is 46.5. The first-order valence-electron chi connectivity index (χ1n) is 7.28. The van der Waals surface area contributed by atoms with Crippen molar-refractivity contribution in [2.45, 2.75) is 19.6 Å². The number of rotatable bonds is 3. The van der Waals surface area contributed by atoms with Crippen molar-refractivity contribution in [1.29, 1.82) is 0 Å². The molecular formula is C16H10ClF3N2O4. The van der Waals surface area contributed by atoms with E-state index in [4.69, 9.17) is 16.3 Å². The highest BCUT2D eigenvalue weighted by atomic mass is 35.5. The van der Waals surface area contributed by atoms with E-state index in [0.717, 1.165) is 23.1 Å². The molecule has 0 bridgehead atoms. The maximum atomic E-state index is 14.5. The van der Waals surface area contributed by atoms with E-state index in [0.29, 0.717) is 6.07 Å². The number of hydrogen-bond acceptors (Lipinski definition) is 4. The normalized spacial score (nSPS) is 16.3. The number of carbonyl (C=O) groups excluding carboxylic acids is 1. The zero-order chi connectivity index (χ0) is 19.2. The first kappa shape index (κ1) is 18.0. The molecule has 1 heterocycles. The Balaban J connectivity index is 2.12. The Hall–Kier alpha value is -2.81. The summed E-state index contributed by atoms with van der Waals surface area (Å²) in [6.45, 7) is 1.02. The topological polar surface area (TPSA) is 72.7 Å². The van der Waals surface area contributed by atoms with Crippen molar-refractivity contribution in [3.63, 3.8) is 0 Å². The highest BCUT2D eigenvalue weighted by Crippen LogP contribution is 2.44. The zero-order valence-electron chi connectivity index (χ0n) is 13.1. The molecule has 0 fully saturated rings. The van der Waals surface area contributed by atoms with E-state index in [2.05, 4.69) is 0 Å². The first-order valence-corrected chi connectivity index (χ1v) is 7.66. The van der Waals surface area contributed by atoms with Crippen LogP contribution >= 0.6 is 11.6 Å². The standard InChI is InChI=1S/C16H10ClF3N2O4/c1-7-16(23)21(6-8-2-9(18)4-10(19)3-8)12-5-11(17)14(22(24)25)13(20)15(12)26-7/h2-5,7H,6H2,1H3. The molecule has 0 radical (unpaired) electrons. The summed E-state index contributed by atoms with van der Waals surface area (Å²) >= 11 is 5.77. The second-order valence-corrected chi connectivity index (χ2v) is 6.00. The van der Waals surface area contributed by atoms with Gasteiger partial charge in [-0.25, -0.2) is 8.78 Å². The number of nitrogens with zero attached hydrogens (tertiary/aromatic N) is 2. The van der Waals surface area contributed by atoms with Crippen molar-refractivity contribution in [3.8, 4) is 5.75 Å². The van der Waals surface area contributed by atoms with Crippen LogP contribution in [0.4, 0.5) is 24.5 Å². The van der Waals surface area contributed by atoms with Crippen LogP contribution in [0.5, 0.6) is 5.75 Å². The number of anilines is 1. The smallest absolute Gasteiger partial charge is 0.327 e. The number of amides is 1. The number of fused-ring (bicyclic) bond motifs is 1. The van der Waals surface area contributed by atoms with Crippen molar-refractivity contribution < 1.29 is 27.6 Å². The third-order valence-corrected chi connectivity index (χ3v) is 4.06. The van der Waals surface area contributed by atoms with Gasteiger partial charge < -0.3 is 9.64 Å². The van der Waals surface area contributed by atoms with Gasteiger partial charge in [-0.1, -0.05) is 11.6 Å². The average molecular weight is 387 g/mol. The van der Waals surface area contributed by atoms with E-state index >= 15 is 0 Å². The predicted molar refractivity (Wildman–Crippen MR) is 85.7 cm³/mol. The molecule has 0 N–H and O–H groups in total. The summed E-state index contributed by atoms with van der Waals surface area (Å²) in [5.41, 5.74) is -1.04. The SMILES string of the molecule is CC1Oc2c(cc(Cl)c([N+](=O)[O-])c2F)N(Cc2cc(F)cc(F)c2)C1=O. The van der Waals surface area contributed by atoms with Crippen LogP contribution in [0.1, 0.15) is 12.5 Å². The molecule has 26 heavy (non-hydrogen) atoms. The lowest BCUT2D eigenvalue weighted by Crippen LogP contribution is -2.44. The lowest BCUT2D eigenvalue weighted by Gasteiger charge is -2.33.